The highest BCUT2D eigenvalue weighted by molar-refractivity contribution is 6.29. The third-order valence-corrected chi connectivity index (χ3v) is 2.19. The Morgan fingerprint density at radius 3 is 2.33 bits per heavy atom. The number of halogens is 1. The van der Waals surface area contributed by atoms with Gasteiger partial charge >= 0.3 is 0 Å². The molecule has 0 saturated heterocycles. The van der Waals surface area contributed by atoms with E-state index >= 15 is 0 Å². The summed E-state index contributed by atoms with van der Waals surface area (Å²) in [7, 11) is 0. The summed E-state index contributed by atoms with van der Waals surface area (Å²) in [6, 6.07) is 3.83. The van der Waals surface area contributed by atoms with Crippen LogP contribution >= 0.6 is 11.6 Å². The average molecular weight is 228 g/mol. The van der Waals surface area contributed by atoms with Crippen LogP contribution in [0.5, 0.6) is 5.88 Å². The van der Waals surface area contributed by atoms with Crippen molar-refractivity contribution in [1.29, 1.82) is 0 Å². The van der Waals surface area contributed by atoms with E-state index in [4.69, 9.17) is 16.3 Å². The molecule has 0 aliphatic heterocycles. The van der Waals surface area contributed by atoms with E-state index in [0.717, 1.165) is 5.56 Å². The summed E-state index contributed by atoms with van der Waals surface area (Å²) in [4.78, 5) is 4.13. The Hall–Kier alpha value is -0.760. The molecule has 0 atom stereocenters. The fraction of sp³-hybridized carbons (Fsp3) is 0.583. The molecule has 1 heterocycles. The summed E-state index contributed by atoms with van der Waals surface area (Å²) in [5.74, 6) is 0.599. The number of aromatic nitrogens is 1. The van der Waals surface area contributed by atoms with Crippen molar-refractivity contribution in [3.8, 4) is 5.88 Å². The Bertz CT molecular complexity index is 342. The van der Waals surface area contributed by atoms with Crippen LogP contribution in [0.1, 0.15) is 40.2 Å². The quantitative estimate of drug-likeness (QED) is 0.717. The standard InChI is InChI=1S/C12H18ClNO/c1-8(2)15-11-7-9(12(3,4)5)6-10(13)14-11/h6-8H,1-5H3. The zero-order chi connectivity index (χ0) is 11.6. The van der Waals surface area contributed by atoms with Crippen LogP contribution in [0.4, 0.5) is 0 Å². The second-order valence-corrected chi connectivity index (χ2v) is 5.32. The van der Waals surface area contributed by atoms with Crippen LogP contribution in [0, 0.1) is 0 Å². The Labute approximate surface area is 96.6 Å². The first-order valence-electron chi connectivity index (χ1n) is 5.14. The molecule has 2 nitrogen and oxygen atoms in total. The number of ether oxygens (including phenoxy) is 1. The van der Waals surface area contributed by atoms with Gasteiger partial charge in [0, 0.05) is 6.07 Å². The van der Waals surface area contributed by atoms with Crippen molar-refractivity contribution in [1.82, 2.24) is 4.98 Å². The van der Waals surface area contributed by atoms with Crippen molar-refractivity contribution >= 4 is 11.6 Å². The Balaban J connectivity index is 3.06. The number of hydrogen-bond donors (Lipinski definition) is 0. The van der Waals surface area contributed by atoms with Gasteiger partial charge in [0.2, 0.25) is 5.88 Å². The summed E-state index contributed by atoms with van der Waals surface area (Å²) in [5, 5.41) is 0.484. The highest BCUT2D eigenvalue weighted by Gasteiger charge is 2.16. The maximum absolute atomic E-state index is 5.95. The lowest BCUT2D eigenvalue weighted by Crippen LogP contribution is -2.13. The van der Waals surface area contributed by atoms with Crippen LogP contribution in [-0.4, -0.2) is 11.1 Å². The normalized spacial score (nSPS) is 11.9. The Morgan fingerprint density at radius 1 is 1.27 bits per heavy atom. The van der Waals surface area contributed by atoms with Crippen molar-refractivity contribution in [3.63, 3.8) is 0 Å². The minimum absolute atomic E-state index is 0.0572. The molecule has 0 fully saturated rings. The van der Waals surface area contributed by atoms with Crippen LogP contribution < -0.4 is 4.74 Å². The molecule has 0 saturated carbocycles. The van der Waals surface area contributed by atoms with Gasteiger partial charge in [-0.1, -0.05) is 32.4 Å². The predicted octanol–water partition coefficient (Wildman–Crippen LogP) is 3.82. The van der Waals surface area contributed by atoms with E-state index in [1.807, 2.05) is 26.0 Å². The number of hydrogen-bond acceptors (Lipinski definition) is 2. The molecule has 0 aromatic carbocycles. The fourth-order valence-corrected chi connectivity index (χ4v) is 1.41. The molecule has 0 aliphatic rings. The average Bonchev–Trinajstić information content (AvgIpc) is 1.99. The summed E-state index contributed by atoms with van der Waals surface area (Å²) in [6.07, 6.45) is 0.115. The first-order valence-corrected chi connectivity index (χ1v) is 5.51. The van der Waals surface area contributed by atoms with Gasteiger partial charge in [-0.3, -0.25) is 0 Å². The number of pyridine rings is 1. The van der Waals surface area contributed by atoms with Gasteiger partial charge in [0.05, 0.1) is 6.10 Å². The van der Waals surface area contributed by atoms with Gasteiger partial charge in [0.1, 0.15) is 5.15 Å². The molecule has 0 unspecified atom stereocenters. The monoisotopic (exact) mass is 227 g/mol. The van der Waals surface area contributed by atoms with Gasteiger partial charge < -0.3 is 4.74 Å². The van der Waals surface area contributed by atoms with Crippen LogP contribution in [0.15, 0.2) is 12.1 Å². The van der Waals surface area contributed by atoms with E-state index in [-0.39, 0.29) is 11.5 Å². The number of nitrogens with zero attached hydrogens (tertiary/aromatic N) is 1. The molecule has 0 spiro atoms. The summed E-state index contributed by atoms with van der Waals surface area (Å²) < 4.78 is 5.54. The summed E-state index contributed by atoms with van der Waals surface area (Å²) in [6.45, 7) is 10.4. The molecule has 0 amide bonds. The third-order valence-electron chi connectivity index (χ3n) is 1.99. The van der Waals surface area contributed by atoms with E-state index in [2.05, 4.69) is 25.8 Å². The van der Waals surface area contributed by atoms with Gasteiger partial charge in [-0.25, -0.2) is 4.98 Å². The largest absolute Gasteiger partial charge is 0.475 e. The topological polar surface area (TPSA) is 22.1 Å². The first-order chi connectivity index (χ1) is 6.79. The third kappa shape index (κ3) is 3.71. The molecule has 3 heteroatoms. The molecule has 0 aliphatic carbocycles. The van der Waals surface area contributed by atoms with Crippen LogP contribution in [0.2, 0.25) is 5.15 Å². The molecule has 1 aromatic heterocycles. The second kappa shape index (κ2) is 4.40. The van der Waals surface area contributed by atoms with Gasteiger partial charge in [0.15, 0.2) is 0 Å². The van der Waals surface area contributed by atoms with Gasteiger partial charge in [0.25, 0.3) is 0 Å². The van der Waals surface area contributed by atoms with E-state index < -0.39 is 0 Å². The van der Waals surface area contributed by atoms with E-state index in [1.54, 1.807) is 0 Å². The highest BCUT2D eigenvalue weighted by atomic mass is 35.5. The minimum atomic E-state index is 0.0572. The Morgan fingerprint density at radius 2 is 1.87 bits per heavy atom. The highest BCUT2D eigenvalue weighted by Crippen LogP contribution is 2.27. The molecule has 0 N–H and O–H groups in total. The molecular formula is C12H18ClNO. The lowest BCUT2D eigenvalue weighted by Gasteiger charge is -2.20. The lowest BCUT2D eigenvalue weighted by atomic mass is 9.88. The first kappa shape index (κ1) is 12.3. The van der Waals surface area contributed by atoms with Crippen molar-refractivity contribution in [3.05, 3.63) is 22.8 Å². The molecule has 1 rings (SSSR count). The van der Waals surface area contributed by atoms with Crippen LogP contribution in [0.25, 0.3) is 0 Å². The smallest absolute Gasteiger partial charge is 0.215 e. The SMILES string of the molecule is CC(C)Oc1cc(C(C)(C)C)cc(Cl)n1. The van der Waals surface area contributed by atoms with Gasteiger partial charge in [-0.15, -0.1) is 0 Å². The summed E-state index contributed by atoms with van der Waals surface area (Å²) in [5.41, 5.74) is 1.19. The maximum atomic E-state index is 5.95. The zero-order valence-corrected chi connectivity index (χ0v) is 10.7. The molecule has 84 valence electrons. The van der Waals surface area contributed by atoms with E-state index in [0.29, 0.717) is 11.0 Å². The van der Waals surface area contributed by atoms with Crippen molar-refractivity contribution < 1.29 is 4.74 Å². The number of rotatable bonds is 2. The van der Waals surface area contributed by atoms with Gasteiger partial charge in [-0.2, -0.15) is 0 Å². The van der Waals surface area contributed by atoms with Crippen LogP contribution in [-0.2, 0) is 5.41 Å². The van der Waals surface area contributed by atoms with Crippen LogP contribution in [0.3, 0.4) is 0 Å². The molecular weight excluding hydrogens is 210 g/mol. The van der Waals surface area contributed by atoms with E-state index in [1.165, 1.54) is 0 Å². The molecule has 0 bridgehead atoms. The summed E-state index contributed by atoms with van der Waals surface area (Å²) >= 11 is 5.95. The fourth-order valence-electron chi connectivity index (χ4n) is 1.21. The predicted molar refractivity (Wildman–Crippen MR) is 63.7 cm³/mol. The molecule has 1 aromatic rings. The van der Waals surface area contributed by atoms with Gasteiger partial charge in [-0.05, 0) is 30.9 Å². The Kier molecular flexibility index (Phi) is 3.61. The van der Waals surface area contributed by atoms with Crippen molar-refractivity contribution in [2.75, 3.05) is 0 Å². The minimum Gasteiger partial charge on any atom is -0.475 e. The lowest BCUT2D eigenvalue weighted by molar-refractivity contribution is 0.232. The maximum Gasteiger partial charge on any atom is 0.215 e. The molecule has 15 heavy (non-hydrogen) atoms. The zero-order valence-electron chi connectivity index (χ0n) is 9.97. The van der Waals surface area contributed by atoms with Crippen molar-refractivity contribution in [2.24, 2.45) is 0 Å². The second-order valence-electron chi connectivity index (χ2n) is 4.93. The van der Waals surface area contributed by atoms with E-state index in [9.17, 15) is 0 Å². The van der Waals surface area contributed by atoms with Crippen molar-refractivity contribution in [2.45, 2.75) is 46.1 Å². The molecule has 0 radical (unpaired) electrons.